The van der Waals surface area contributed by atoms with E-state index in [2.05, 4.69) is 44.8 Å². The Morgan fingerprint density at radius 1 is 1.35 bits per heavy atom. The summed E-state index contributed by atoms with van der Waals surface area (Å²) in [5.41, 5.74) is 0. The van der Waals surface area contributed by atoms with Crippen molar-refractivity contribution >= 4 is 47.2 Å². The Balaban J connectivity index is 0.00000484. The number of carbonyl (C=O) groups is 1. The highest BCUT2D eigenvalue weighted by Gasteiger charge is 2.07. The van der Waals surface area contributed by atoms with Crippen molar-refractivity contribution in [2.45, 2.75) is 38.5 Å². The van der Waals surface area contributed by atoms with Gasteiger partial charge in [0, 0.05) is 37.4 Å². The van der Waals surface area contributed by atoms with Crippen molar-refractivity contribution in [3.05, 3.63) is 22.4 Å². The van der Waals surface area contributed by atoms with Gasteiger partial charge in [-0.05, 0) is 24.3 Å². The summed E-state index contributed by atoms with van der Waals surface area (Å²) in [4.78, 5) is 16.6. The predicted molar refractivity (Wildman–Crippen MR) is 108 cm³/mol. The highest BCUT2D eigenvalue weighted by atomic mass is 127. The SMILES string of the molecule is CN=C(NCCCCCC(=O)OC)NCC(C)c1cccs1.I. The number of halogens is 1. The number of nitrogens with one attached hydrogen (secondary N) is 2. The fourth-order valence-corrected chi connectivity index (χ4v) is 2.81. The van der Waals surface area contributed by atoms with Crippen LogP contribution >= 0.6 is 35.3 Å². The van der Waals surface area contributed by atoms with Gasteiger partial charge in [0.1, 0.15) is 0 Å². The molecule has 1 aromatic heterocycles. The maximum atomic E-state index is 11.0. The monoisotopic (exact) mass is 453 g/mol. The minimum Gasteiger partial charge on any atom is -0.469 e. The van der Waals surface area contributed by atoms with E-state index in [4.69, 9.17) is 0 Å². The fourth-order valence-electron chi connectivity index (χ4n) is 2.02. The molecule has 0 amide bonds. The number of ether oxygens (including phenoxy) is 1. The van der Waals surface area contributed by atoms with Crippen molar-refractivity contribution in [2.24, 2.45) is 4.99 Å². The summed E-state index contributed by atoms with van der Waals surface area (Å²) < 4.78 is 4.61. The molecule has 1 unspecified atom stereocenters. The maximum Gasteiger partial charge on any atom is 0.305 e. The molecule has 0 aliphatic carbocycles. The molecule has 0 aromatic carbocycles. The standard InChI is InChI=1S/C16H27N3O2S.HI/c1-13(14-8-7-11-22-14)12-19-16(17-2)18-10-6-4-5-9-15(20)21-3;/h7-8,11,13H,4-6,9-10,12H2,1-3H3,(H2,17,18,19);1H. The van der Waals surface area contributed by atoms with E-state index in [1.165, 1.54) is 12.0 Å². The van der Waals surface area contributed by atoms with Crippen molar-refractivity contribution in [1.82, 2.24) is 10.6 Å². The lowest BCUT2D eigenvalue weighted by Gasteiger charge is -2.15. The first-order chi connectivity index (χ1) is 10.7. The van der Waals surface area contributed by atoms with Crippen molar-refractivity contribution in [1.29, 1.82) is 0 Å². The third kappa shape index (κ3) is 9.80. The van der Waals surface area contributed by atoms with E-state index in [0.29, 0.717) is 12.3 Å². The number of rotatable bonds is 9. The summed E-state index contributed by atoms with van der Waals surface area (Å²) in [6.45, 7) is 3.93. The molecule has 23 heavy (non-hydrogen) atoms. The van der Waals surface area contributed by atoms with Crippen molar-refractivity contribution in [3.63, 3.8) is 0 Å². The molecule has 132 valence electrons. The van der Waals surface area contributed by atoms with Gasteiger partial charge in [-0.25, -0.2) is 0 Å². The maximum absolute atomic E-state index is 11.0. The zero-order valence-electron chi connectivity index (χ0n) is 14.1. The molecule has 0 bridgehead atoms. The lowest BCUT2D eigenvalue weighted by atomic mass is 10.1. The van der Waals surface area contributed by atoms with E-state index in [-0.39, 0.29) is 29.9 Å². The smallest absolute Gasteiger partial charge is 0.305 e. The Morgan fingerprint density at radius 2 is 2.13 bits per heavy atom. The number of nitrogens with zero attached hydrogens (tertiary/aromatic N) is 1. The lowest BCUT2D eigenvalue weighted by Crippen LogP contribution is -2.39. The third-order valence-corrected chi connectivity index (χ3v) is 4.51. The molecule has 2 N–H and O–H groups in total. The van der Waals surface area contributed by atoms with E-state index in [0.717, 1.165) is 38.3 Å². The molecule has 0 saturated carbocycles. The average molecular weight is 453 g/mol. The summed E-state index contributed by atoms with van der Waals surface area (Å²) in [5.74, 6) is 1.17. The van der Waals surface area contributed by atoms with Crippen LogP contribution in [-0.2, 0) is 9.53 Å². The van der Waals surface area contributed by atoms with E-state index in [1.807, 2.05) is 0 Å². The number of unbranched alkanes of at least 4 members (excludes halogenated alkanes) is 2. The molecular formula is C16H28IN3O2S. The Bertz CT molecular complexity index is 452. The first-order valence-corrected chi connectivity index (χ1v) is 8.60. The largest absolute Gasteiger partial charge is 0.469 e. The van der Waals surface area contributed by atoms with Gasteiger partial charge in [-0.2, -0.15) is 0 Å². The molecule has 1 atom stereocenters. The minimum atomic E-state index is -0.131. The summed E-state index contributed by atoms with van der Waals surface area (Å²) in [5, 5.41) is 8.75. The minimum absolute atomic E-state index is 0. The number of esters is 1. The van der Waals surface area contributed by atoms with Gasteiger partial charge < -0.3 is 15.4 Å². The number of aliphatic imine (C=N–C) groups is 1. The topological polar surface area (TPSA) is 62.7 Å². The van der Waals surface area contributed by atoms with Crippen LogP contribution in [0.3, 0.4) is 0 Å². The van der Waals surface area contributed by atoms with E-state index < -0.39 is 0 Å². The first-order valence-electron chi connectivity index (χ1n) is 7.72. The summed E-state index contributed by atoms with van der Waals surface area (Å²) in [6, 6.07) is 4.24. The number of methoxy groups -OCH3 is 1. The van der Waals surface area contributed by atoms with E-state index >= 15 is 0 Å². The van der Waals surface area contributed by atoms with Crippen LogP contribution in [0.25, 0.3) is 0 Å². The zero-order chi connectivity index (χ0) is 16.2. The lowest BCUT2D eigenvalue weighted by molar-refractivity contribution is -0.140. The van der Waals surface area contributed by atoms with Crippen LogP contribution in [0, 0.1) is 0 Å². The van der Waals surface area contributed by atoms with Crippen LogP contribution in [0.1, 0.15) is 43.4 Å². The highest BCUT2D eigenvalue weighted by molar-refractivity contribution is 14.0. The van der Waals surface area contributed by atoms with Gasteiger partial charge in [-0.1, -0.05) is 19.4 Å². The second kappa shape index (κ2) is 13.6. The Morgan fingerprint density at radius 3 is 2.74 bits per heavy atom. The number of carbonyl (C=O) groups excluding carboxylic acids is 1. The third-order valence-electron chi connectivity index (χ3n) is 3.41. The Labute approximate surface area is 160 Å². The van der Waals surface area contributed by atoms with Gasteiger partial charge in [0.15, 0.2) is 5.96 Å². The van der Waals surface area contributed by atoms with Gasteiger partial charge in [0.25, 0.3) is 0 Å². The molecular weight excluding hydrogens is 425 g/mol. The van der Waals surface area contributed by atoms with Gasteiger partial charge in [0.2, 0.25) is 0 Å². The second-order valence-electron chi connectivity index (χ2n) is 5.18. The number of thiophene rings is 1. The van der Waals surface area contributed by atoms with Crippen molar-refractivity contribution < 1.29 is 9.53 Å². The molecule has 1 rings (SSSR count). The van der Waals surface area contributed by atoms with Crippen molar-refractivity contribution in [3.8, 4) is 0 Å². The normalized spacial score (nSPS) is 12.2. The molecule has 0 spiro atoms. The number of hydrogen-bond donors (Lipinski definition) is 2. The quantitative estimate of drug-likeness (QED) is 0.198. The molecule has 0 radical (unpaired) electrons. The second-order valence-corrected chi connectivity index (χ2v) is 6.16. The molecule has 0 fully saturated rings. The van der Waals surface area contributed by atoms with E-state index in [1.54, 1.807) is 18.4 Å². The molecule has 0 aliphatic heterocycles. The van der Waals surface area contributed by atoms with Gasteiger partial charge in [-0.15, -0.1) is 35.3 Å². The number of guanidine groups is 1. The zero-order valence-corrected chi connectivity index (χ0v) is 17.3. The molecule has 1 heterocycles. The number of hydrogen-bond acceptors (Lipinski definition) is 4. The van der Waals surface area contributed by atoms with Crippen LogP contribution in [0.2, 0.25) is 0 Å². The van der Waals surface area contributed by atoms with Crippen LogP contribution in [0.4, 0.5) is 0 Å². The van der Waals surface area contributed by atoms with E-state index in [9.17, 15) is 4.79 Å². The van der Waals surface area contributed by atoms with Crippen molar-refractivity contribution in [2.75, 3.05) is 27.2 Å². The molecule has 0 aliphatic rings. The summed E-state index contributed by atoms with van der Waals surface area (Å²) in [6.07, 6.45) is 3.39. The van der Waals surface area contributed by atoms with Crippen LogP contribution < -0.4 is 10.6 Å². The van der Waals surface area contributed by atoms with Crippen LogP contribution in [0.15, 0.2) is 22.5 Å². The molecule has 0 saturated heterocycles. The summed E-state index contributed by atoms with van der Waals surface area (Å²) in [7, 11) is 3.21. The molecule has 5 nitrogen and oxygen atoms in total. The average Bonchev–Trinajstić information content (AvgIpc) is 3.07. The molecule has 7 heteroatoms. The van der Waals surface area contributed by atoms with Gasteiger partial charge in [-0.3, -0.25) is 9.79 Å². The fraction of sp³-hybridized carbons (Fsp3) is 0.625. The predicted octanol–water partition coefficient (Wildman–Crippen LogP) is 3.37. The van der Waals surface area contributed by atoms with Gasteiger partial charge in [0.05, 0.1) is 7.11 Å². The highest BCUT2D eigenvalue weighted by Crippen LogP contribution is 2.19. The summed E-state index contributed by atoms with van der Waals surface area (Å²) >= 11 is 1.78. The van der Waals surface area contributed by atoms with Crippen LogP contribution in [-0.4, -0.2) is 39.2 Å². The Hall–Kier alpha value is -0.830. The van der Waals surface area contributed by atoms with Gasteiger partial charge >= 0.3 is 5.97 Å². The Kier molecular flexibility index (Phi) is 13.1. The first kappa shape index (κ1) is 22.2. The molecule has 1 aromatic rings. The van der Waals surface area contributed by atoms with Crippen LogP contribution in [0.5, 0.6) is 0 Å².